The number of likely N-dealkylation sites (N-methyl/N-ethyl adjacent to an activating group) is 1. The molecule has 0 bridgehead atoms. The van der Waals surface area contributed by atoms with Gasteiger partial charge in [0.25, 0.3) is 6.29 Å². The van der Waals surface area contributed by atoms with E-state index in [9.17, 15) is 30.0 Å². The molecule has 0 amide bonds. The number of fused-ring (bicyclic) bond motifs is 6. The normalized spacial score (nSPS) is 25.6. The average Bonchev–Trinajstić information content (AvgIpc) is 3.79. The van der Waals surface area contributed by atoms with Crippen LogP contribution in [0, 0.1) is 5.92 Å². The lowest BCUT2D eigenvalue weighted by Gasteiger charge is -2.41. The first-order valence-electron chi connectivity index (χ1n) is 19.5. The number of carboxylic acid groups (broad SMARTS) is 1. The van der Waals surface area contributed by atoms with Gasteiger partial charge in [0.15, 0.2) is 29.6 Å². The van der Waals surface area contributed by atoms with Gasteiger partial charge in [-0.2, -0.15) is 4.89 Å². The molecule has 59 heavy (non-hydrogen) atoms. The number of phenols is 1. The lowest BCUT2D eigenvalue weighted by atomic mass is 9.86. The van der Waals surface area contributed by atoms with Gasteiger partial charge in [0, 0.05) is 41.3 Å². The summed E-state index contributed by atoms with van der Waals surface area (Å²) in [4.78, 5) is 34.9. The minimum Gasteiger partial charge on any atom is -0.508 e. The van der Waals surface area contributed by atoms with Crippen LogP contribution in [0.5, 0.6) is 34.5 Å². The fraction of sp³-hybridized carbons (Fsp3) is 0.512. The number of benzene rings is 3. The number of carboxylic acids is 1. The van der Waals surface area contributed by atoms with Crippen molar-refractivity contribution in [1.29, 1.82) is 0 Å². The minimum absolute atomic E-state index is 0.0638. The highest BCUT2D eigenvalue weighted by atomic mass is 17.2. The highest BCUT2D eigenvalue weighted by Crippen LogP contribution is 2.58. The molecule has 1 saturated heterocycles. The number of aliphatic hydroxyl groups is 3. The molecule has 3 aromatic rings. The second-order valence-corrected chi connectivity index (χ2v) is 15.4. The maximum absolute atomic E-state index is 12.0. The van der Waals surface area contributed by atoms with Gasteiger partial charge in [-0.15, -0.1) is 0 Å². The van der Waals surface area contributed by atoms with E-state index in [0.717, 1.165) is 16.7 Å². The Kier molecular flexibility index (Phi) is 13.0. The first-order valence-corrected chi connectivity index (χ1v) is 19.5. The van der Waals surface area contributed by atoms with Gasteiger partial charge in [-0.3, -0.25) is 9.59 Å². The van der Waals surface area contributed by atoms with Crippen molar-refractivity contribution >= 4 is 11.9 Å². The molecule has 0 saturated carbocycles. The molecule has 0 spiro atoms. The van der Waals surface area contributed by atoms with Gasteiger partial charge in [-0.05, 0) is 55.3 Å². The third-order valence-electron chi connectivity index (χ3n) is 10.4. The Hall–Kier alpha value is -4.92. The van der Waals surface area contributed by atoms with Crippen molar-refractivity contribution < 1.29 is 78.1 Å². The van der Waals surface area contributed by atoms with Crippen molar-refractivity contribution in [1.82, 2.24) is 5.32 Å². The molecule has 0 aliphatic carbocycles. The van der Waals surface area contributed by atoms with E-state index in [1.54, 1.807) is 37.4 Å². The quantitative estimate of drug-likeness (QED) is 0.0441. The van der Waals surface area contributed by atoms with Crippen molar-refractivity contribution in [2.45, 2.75) is 88.2 Å². The monoisotopic (exact) mass is 826 g/mol. The van der Waals surface area contributed by atoms with Gasteiger partial charge in [-0.1, -0.05) is 26.0 Å². The molecule has 8 N–H and O–H groups in total. The number of carbonyl (C=O) groups excluding carboxylic acids is 1. The largest absolute Gasteiger partial charge is 0.508 e. The Morgan fingerprint density at radius 2 is 1.83 bits per heavy atom. The lowest BCUT2D eigenvalue weighted by molar-refractivity contribution is -0.373. The number of nitrogens with one attached hydrogen (secondary N) is 1. The minimum atomic E-state index is -1.72. The van der Waals surface area contributed by atoms with Crippen LogP contribution in [0.1, 0.15) is 60.1 Å². The van der Waals surface area contributed by atoms with Gasteiger partial charge in [0.05, 0.1) is 19.1 Å². The van der Waals surface area contributed by atoms with E-state index in [0.29, 0.717) is 47.1 Å². The van der Waals surface area contributed by atoms with E-state index >= 15 is 0 Å². The van der Waals surface area contributed by atoms with E-state index in [2.05, 4.69) is 19.2 Å². The van der Waals surface area contributed by atoms with Crippen LogP contribution in [0.25, 0.3) is 0 Å². The molecule has 4 heterocycles. The highest BCUT2D eigenvalue weighted by Gasteiger charge is 2.49. The van der Waals surface area contributed by atoms with Crippen molar-refractivity contribution in [2.75, 3.05) is 40.0 Å². The summed E-state index contributed by atoms with van der Waals surface area (Å²) in [6, 6.07) is 11.6. The van der Waals surface area contributed by atoms with Gasteiger partial charge in [-0.25, -0.2) is 0 Å². The Balaban J connectivity index is 1.19. The molecule has 18 nitrogen and oxygen atoms in total. The maximum atomic E-state index is 12.0. The summed E-state index contributed by atoms with van der Waals surface area (Å²) in [6.45, 7) is 3.82. The number of esters is 1. The van der Waals surface area contributed by atoms with Crippen LogP contribution in [0.2, 0.25) is 0 Å². The molecule has 320 valence electrons. The smallest absolute Gasteiger partial charge is 0.317 e. The predicted octanol–water partition coefficient (Wildman–Crippen LogP) is 1.59. The molecule has 18 heteroatoms. The summed E-state index contributed by atoms with van der Waals surface area (Å²) in [6.07, 6.45) is -9.03. The number of ether oxygens (including phenoxy) is 7. The molecule has 9 atom stereocenters. The zero-order valence-corrected chi connectivity index (χ0v) is 32.8. The maximum Gasteiger partial charge on any atom is 0.317 e. The zero-order valence-electron chi connectivity index (χ0n) is 32.8. The molecule has 0 radical (unpaired) electrons. The number of rotatable bonds is 17. The van der Waals surface area contributed by atoms with Crippen LogP contribution >= 0.6 is 0 Å². The molecule has 1 fully saturated rings. The molecule has 3 aromatic carbocycles. The zero-order chi connectivity index (χ0) is 42.0. The van der Waals surface area contributed by atoms with Crippen molar-refractivity contribution in [3.05, 3.63) is 70.3 Å². The molecular weight excluding hydrogens is 776 g/mol. The number of hydrogen-bond donors (Lipinski definition) is 7. The summed E-state index contributed by atoms with van der Waals surface area (Å²) in [5.74, 6) is 0.00645. The molecule has 0 aromatic heterocycles. The van der Waals surface area contributed by atoms with Crippen molar-refractivity contribution in [3.63, 3.8) is 0 Å². The summed E-state index contributed by atoms with van der Waals surface area (Å²) >= 11 is 0. The molecule has 7 rings (SSSR count). The number of phenolic OH excluding ortho intramolecular Hbond substituents is 1. The third kappa shape index (κ3) is 9.29. The molecule has 4 aliphatic rings. The topological polar surface area (TPSA) is 256 Å². The summed E-state index contributed by atoms with van der Waals surface area (Å²) in [7, 11) is 1.71. The number of nitrogens with two attached hydrogens (primary N) is 1. The van der Waals surface area contributed by atoms with E-state index in [1.807, 2.05) is 12.1 Å². The Bertz CT molecular complexity index is 1990. The highest BCUT2D eigenvalue weighted by molar-refractivity contribution is 5.90. The Morgan fingerprint density at radius 1 is 1.02 bits per heavy atom. The van der Waals surface area contributed by atoms with Crippen LogP contribution in [0.15, 0.2) is 42.5 Å². The Morgan fingerprint density at radius 3 is 2.56 bits per heavy atom. The summed E-state index contributed by atoms with van der Waals surface area (Å²) < 4.78 is 41.9. The second kappa shape index (κ2) is 18.1. The number of aliphatic hydroxyl groups excluding tert-OH is 3. The first-order chi connectivity index (χ1) is 28.3. The number of aromatic hydroxyl groups is 1. The third-order valence-corrected chi connectivity index (χ3v) is 10.4. The van der Waals surface area contributed by atoms with Crippen LogP contribution in [-0.2, 0) is 41.5 Å². The lowest BCUT2D eigenvalue weighted by Crippen LogP contribution is -2.61. The predicted molar refractivity (Wildman–Crippen MR) is 203 cm³/mol. The summed E-state index contributed by atoms with van der Waals surface area (Å²) in [5, 5.41) is 54.3. The van der Waals surface area contributed by atoms with Gasteiger partial charge >= 0.3 is 11.9 Å². The van der Waals surface area contributed by atoms with Gasteiger partial charge in [0.2, 0.25) is 0 Å². The number of carbonyl (C=O) groups is 2. The number of aliphatic carboxylic acids is 1. The fourth-order valence-corrected chi connectivity index (χ4v) is 7.65. The first kappa shape index (κ1) is 42.2. The van der Waals surface area contributed by atoms with E-state index < -0.39 is 74.1 Å². The van der Waals surface area contributed by atoms with Crippen LogP contribution in [-0.4, -0.2) is 121 Å². The molecule has 0 unspecified atom stereocenters. The standard InChI is InChI=1S/C41H50N2O16/c1-19(2)7-26-37-24(11-30-39(26)56-34(15-44)54-30)27-17-51-29-10-21(8-20-5-4-6-23(45)9-20)28(12-25(29)38(27)57-37)58-59-40-36(50)35(49)31(18-52-33(48)13-32(46)47)55-41(40)53-16-22(42)14-43-3/h4-6,9-12,19,22,27,31,34-36,38,40-41,43-45,49-50H,7-8,13-18,42H2,1-3H3,(H,46,47)/t22-,27-,31+,34+,35+,36-,38+,40-,41+/m0/s1. The van der Waals surface area contributed by atoms with E-state index in [-0.39, 0.29) is 49.6 Å². The SMILES string of the molecule is CNC[C@H](N)CO[C@@H]1O[C@H](COC(=O)CC(=O)O)[C@@H](O)[C@H](O)[C@@H]1OOc1cc2c(cc1Cc1cccc(O)c1)OC[C@H]1c3cc4c(c(CC(C)C)c3O[C@H]21)O[C@H](CO)O4. The van der Waals surface area contributed by atoms with Gasteiger partial charge in [0.1, 0.15) is 61.3 Å². The van der Waals surface area contributed by atoms with Crippen LogP contribution in [0.4, 0.5) is 0 Å². The molecule has 4 aliphatic heterocycles. The van der Waals surface area contributed by atoms with E-state index in [4.69, 9.17) is 53.8 Å². The summed E-state index contributed by atoms with van der Waals surface area (Å²) in [5.41, 5.74) is 9.80. The van der Waals surface area contributed by atoms with Crippen LogP contribution in [0.3, 0.4) is 0 Å². The number of hydrogen-bond acceptors (Lipinski definition) is 17. The molecular formula is C41H50N2O16. The average molecular weight is 827 g/mol. The fourth-order valence-electron chi connectivity index (χ4n) is 7.65. The van der Waals surface area contributed by atoms with Crippen molar-refractivity contribution in [2.24, 2.45) is 11.7 Å². The van der Waals surface area contributed by atoms with E-state index in [1.165, 1.54) is 0 Å². The van der Waals surface area contributed by atoms with Gasteiger partial charge < -0.3 is 74.6 Å². The second-order valence-electron chi connectivity index (χ2n) is 15.4. The Labute approximate surface area is 339 Å². The van der Waals surface area contributed by atoms with Crippen molar-refractivity contribution in [3.8, 4) is 34.5 Å². The van der Waals surface area contributed by atoms with Crippen LogP contribution < -0.4 is 34.9 Å².